The number of ether oxygens (including phenoxy) is 1. The third-order valence-electron chi connectivity index (χ3n) is 5.57. The van der Waals surface area contributed by atoms with Gasteiger partial charge in [-0.3, -0.25) is 14.2 Å². The number of pyridine rings is 1. The van der Waals surface area contributed by atoms with Crippen LogP contribution in [0.25, 0.3) is 5.69 Å². The molecule has 33 heavy (non-hydrogen) atoms. The lowest BCUT2D eigenvalue weighted by atomic mass is 10.1. The molecule has 4 rings (SSSR count). The molecule has 1 amide bonds. The molecule has 1 aromatic heterocycles. The standard InChI is InChI=1S/C24H23ClN2O5S/c1-33(30,31)20-8-6-17(7-9-20)27-15-12-19(16-23(27)28)32-18-10-13-26(14-11-18)24(29)21-4-2-3-5-22(21)25/h2-9,12,15-16,18H,10-11,13-14H2,1H3. The van der Waals surface area contributed by atoms with E-state index in [4.69, 9.17) is 16.3 Å². The number of halogens is 1. The summed E-state index contributed by atoms with van der Waals surface area (Å²) in [6.07, 6.45) is 3.92. The number of hydrogen-bond acceptors (Lipinski definition) is 5. The minimum absolute atomic E-state index is 0.0939. The Bertz CT molecular complexity index is 1330. The molecule has 2 aromatic carbocycles. The Labute approximate surface area is 197 Å². The molecule has 172 valence electrons. The molecule has 1 saturated heterocycles. The lowest BCUT2D eigenvalue weighted by Crippen LogP contribution is -2.42. The van der Waals surface area contributed by atoms with Crippen LogP contribution in [0.3, 0.4) is 0 Å². The van der Waals surface area contributed by atoms with Gasteiger partial charge in [-0.15, -0.1) is 0 Å². The van der Waals surface area contributed by atoms with E-state index in [0.29, 0.717) is 48.0 Å². The lowest BCUT2D eigenvalue weighted by molar-refractivity contribution is 0.0595. The number of amides is 1. The summed E-state index contributed by atoms with van der Waals surface area (Å²) in [6.45, 7) is 1.08. The second kappa shape index (κ2) is 9.41. The number of carbonyl (C=O) groups is 1. The number of rotatable bonds is 5. The largest absolute Gasteiger partial charge is 0.490 e. The highest BCUT2D eigenvalue weighted by molar-refractivity contribution is 7.90. The molecule has 0 aliphatic carbocycles. The van der Waals surface area contributed by atoms with Crippen molar-refractivity contribution in [3.05, 3.63) is 87.8 Å². The van der Waals surface area contributed by atoms with Crippen molar-refractivity contribution in [2.45, 2.75) is 23.8 Å². The number of hydrogen-bond donors (Lipinski definition) is 0. The number of nitrogens with zero attached hydrogens (tertiary/aromatic N) is 2. The van der Waals surface area contributed by atoms with Crippen molar-refractivity contribution in [1.29, 1.82) is 0 Å². The van der Waals surface area contributed by atoms with Crippen LogP contribution in [0.5, 0.6) is 5.75 Å². The van der Waals surface area contributed by atoms with E-state index in [0.717, 1.165) is 6.26 Å². The maximum absolute atomic E-state index is 12.7. The molecule has 0 saturated carbocycles. The number of sulfone groups is 1. The summed E-state index contributed by atoms with van der Waals surface area (Å²) in [6, 6.07) is 16.2. The van der Waals surface area contributed by atoms with Gasteiger partial charge in [-0.2, -0.15) is 0 Å². The van der Waals surface area contributed by atoms with Gasteiger partial charge in [-0.25, -0.2) is 8.42 Å². The summed E-state index contributed by atoms with van der Waals surface area (Å²) in [4.78, 5) is 27.3. The van der Waals surface area contributed by atoms with Crippen molar-refractivity contribution in [3.63, 3.8) is 0 Å². The number of likely N-dealkylation sites (tertiary alicyclic amines) is 1. The number of benzene rings is 2. The first-order valence-electron chi connectivity index (χ1n) is 10.5. The van der Waals surface area contributed by atoms with Crippen LogP contribution in [0.4, 0.5) is 0 Å². The van der Waals surface area contributed by atoms with E-state index in [2.05, 4.69) is 0 Å². The van der Waals surface area contributed by atoms with E-state index < -0.39 is 9.84 Å². The molecule has 0 radical (unpaired) electrons. The normalized spacial score (nSPS) is 14.8. The van der Waals surface area contributed by atoms with Crippen molar-refractivity contribution in [1.82, 2.24) is 9.47 Å². The Morgan fingerprint density at radius 2 is 1.70 bits per heavy atom. The van der Waals surface area contributed by atoms with Gasteiger partial charge in [0.1, 0.15) is 11.9 Å². The lowest BCUT2D eigenvalue weighted by Gasteiger charge is -2.32. The third kappa shape index (κ3) is 5.29. The highest BCUT2D eigenvalue weighted by Crippen LogP contribution is 2.22. The van der Waals surface area contributed by atoms with E-state index in [1.54, 1.807) is 53.6 Å². The van der Waals surface area contributed by atoms with Gasteiger partial charge in [0.05, 0.1) is 15.5 Å². The second-order valence-corrected chi connectivity index (χ2v) is 10.3. The Hall–Kier alpha value is -3.10. The van der Waals surface area contributed by atoms with Crippen molar-refractivity contribution in [2.24, 2.45) is 0 Å². The molecule has 9 heteroatoms. The average molecular weight is 487 g/mol. The SMILES string of the molecule is CS(=O)(=O)c1ccc(-n2ccc(OC3CCN(C(=O)c4ccccc4Cl)CC3)cc2=O)cc1. The number of carbonyl (C=O) groups excluding carboxylic acids is 1. The molecule has 0 unspecified atom stereocenters. The topological polar surface area (TPSA) is 85.7 Å². The molecule has 3 aromatic rings. The molecule has 7 nitrogen and oxygen atoms in total. The predicted molar refractivity (Wildman–Crippen MR) is 126 cm³/mol. The number of piperidine rings is 1. The van der Waals surface area contributed by atoms with Gasteiger partial charge >= 0.3 is 0 Å². The fourth-order valence-electron chi connectivity index (χ4n) is 3.78. The van der Waals surface area contributed by atoms with Crippen molar-refractivity contribution in [2.75, 3.05) is 19.3 Å². The van der Waals surface area contributed by atoms with Crippen molar-refractivity contribution in [3.8, 4) is 11.4 Å². The monoisotopic (exact) mass is 486 g/mol. The average Bonchev–Trinajstić information content (AvgIpc) is 2.79. The minimum atomic E-state index is -3.30. The van der Waals surface area contributed by atoms with Crippen LogP contribution < -0.4 is 10.3 Å². The zero-order valence-corrected chi connectivity index (χ0v) is 19.6. The summed E-state index contributed by atoms with van der Waals surface area (Å²) in [7, 11) is -3.30. The summed E-state index contributed by atoms with van der Waals surface area (Å²) in [5, 5.41) is 0.437. The minimum Gasteiger partial charge on any atom is -0.490 e. The van der Waals surface area contributed by atoms with Gasteiger partial charge in [-0.05, 0) is 42.5 Å². The Kier molecular flexibility index (Phi) is 6.58. The van der Waals surface area contributed by atoms with Crippen LogP contribution in [0.2, 0.25) is 5.02 Å². The van der Waals surface area contributed by atoms with Crippen LogP contribution in [0.15, 0.2) is 76.6 Å². The van der Waals surface area contributed by atoms with E-state index in [1.807, 2.05) is 0 Å². The quantitative estimate of drug-likeness (QED) is 0.550. The molecule has 0 atom stereocenters. The molecule has 1 aliphatic heterocycles. The van der Waals surface area contributed by atoms with Crippen molar-refractivity contribution < 1.29 is 17.9 Å². The highest BCUT2D eigenvalue weighted by Gasteiger charge is 2.25. The van der Waals surface area contributed by atoms with E-state index in [9.17, 15) is 18.0 Å². The maximum Gasteiger partial charge on any atom is 0.258 e. The summed E-state index contributed by atoms with van der Waals surface area (Å²) >= 11 is 6.14. The van der Waals surface area contributed by atoms with Gasteiger partial charge in [0.2, 0.25) is 0 Å². The van der Waals surface area contributed by atoms with Gasteiger partial charge in [0.25, 0.3) is 11.5 Å². The number of aromatic nitrogens is 1. The van der Waals surface area contributed by atoms with Crippen LogP contribution in [-0.2, 0) is 9.84 Å². The van der Waals surface area contributed by atoms with Gasteiger partial charge in [0.15, 0.2) is 9.84 Å². The molecular formula is C24H23ClN2O5S. The summed E-state index contributed by atoms with van der Waals surface area (Å²) in [5.74, 6) is 0.364. The Morgan fingerprint density at radius 3 is 2.30 bits per heavy atom. The first-order valence-corrected chi connectivity index (χ1v) is 12.7. The van der Waals surface area contributed by atoms with Gasteiger partial charge in [0, 0.05) is 50.1 Å². The Morgan fingerprint density at radius 1 is 1.03 bits per heavy atom. The van der Waals surface area contributed by atoms with E-state index >= 15 is 0 Å². The maximum atomic E-state index is 12.7. The van der Waals surface area contributed by atoms with Crippen LogP contribution in [0.1, 0.15) is 23.2 Å². The first kappa shape index (κ1) is 23.1. The zero-order valence-electron chi connectivity index (χ0n) is 18.0. The third-order valence-corrected chi connectivity index (χ3v) is 7.03. The molecule has 2 heterocycles. The second-order valence-electron chi connectivity index (χ2n) is 7.93. The first-order chi connectivity index (χ1) is 15.7. The summed E-state index contributed by atoms with van der Waals surface area (Å²) < 4.78 is 30.6. The zero-order chi connectivity index (χ0) is 23.6. The molecule has 0 N–H and O–H groups in total. The fraction of sp³-hybridized carbons (Fsp3) is 0.250. The van der Waals surface area contributed by atoms with Crippen molar-refractivity contribution >= 4 is 27.3 Å². The predicted octanol–water partition coefficient (Wildman–Crippen LogP) is 3.58. The molecule has 0 bridgehead atoms. The summed E-state index contributed by atoms with van der Waals surface area (Å²) in [5.41, 5.74) is 0.767. The van der Waals surface area contributed by atoms with Crippen LogP contribution in [0, 0.1) is 0 Å². The van der Waals surface area contributed by atoms with Gasteiger partial charge in [-0.1, -0.05) is 23.7 Å². The van der Waals surface area contributed by atoms with Gasteiger partial charge < -0.3 is 9.64 Å². The molecule has 0 spiro atoms. The molecule has 1 aliphatic rings. The van der Waals surface area contributed by atoms with E-state index in [1.165, 1.54) is 22.8 Å². The van der Waals surface area contributed by atoms with Crippen LogP contribution >= 0.6 is 11.6 Å². The van der Waals surface area contributed by atoms with Crippen LogP contribution in [-0.4, -0.2) is 49.2 Å². The Balaban J connectivity index is 1.39. The molecular weight excluding hydrogens is 464 g/mol. The highest BCUT2D eigenvalue weighted by atomic mass is 35.5. The van der Waals surface area contributed by atoms with E-state index in [-0.39, 0.29) is 22.5 Å². The molecule has 1 fully saturated rings. The smallest absolute Gasteiger partial charge is 0.258 e. The fourth-order valence-corrected chi connectivity index (χ4v) is 4.62.